The van der Waals surface area contributed by atoms with Gasteiger partial charge in [0.15, 0.2) is 0 Å². The van der Waals surface area contributed by atoms with Gasteiger partial charge >= 0.3 is 5.97 Å². The molecule has 0 saturated carbocycles. The Morgan fingerprint density at radius 2 is 2.25 bits per heavy atom. The third-order valence-electron chi connectivity index (χ3n) is 1.91. The number of carbonyl (C=O) groups is 1. The first-order valence-corrected chi connectivity index (χ1v) is 5.66. The molecule has 0 saturated heterocycles. The van der Waals surface area contributed by atoms with Gasteiger partial charge in [-0.05, 0) is 41.6 Å². The van der Waals surface area contributed by atoms with E-state index in [4.69, 9.17) is 14.7 Å². The molecule has 0 bridgehead atoms. The number of methoxy groups -OCH3 is 1. The monoisotopic (exact) mass is 331 g/mol. The van der Waals surface area contributed by atoms with Crippen molar-refractivity contribution in [2.45, 2.75) is 6.92 Å². The Morgan fingerprint density at radius 3 is 2.75 bits per heavy atom. The van der Waals surface area contributed by atoms with Crippen LogP contribution in [0.4, 0.5) is 0 Å². The fourth-order valence-corrected chi connectivity index (χ4v) is 1.87. The zero-order valence-electron chi connectivity index (χ0n) is 8.91. The molecule has 0 fully saturated rings. The maximum Gasteiger partial charge on any atom is 0.339 e. The van der Waals surface area contributed by atoms with E-state index in [1.54, 1.807) is 13.0 Å². The van der Waals surface area contributed by atoms with Crippen molar-refractivity contribution in [2.24, 2.45) is 0 Å². The summed E-state index contributed by atoms with van der Waals surface area (Å²) in [6, 6.07) is 5.08. The molecule has 0 heterocycles. The van der Waals surface area contributed by atoms with E-state index < -0.39 is 5.97 Å². The second-order valence-corrected chi connectivity index (χ2v) is 4.03. The van der Waals surface area contributed by atoms with Gasteiger partial charge in [-0.2, -0.15) is 5.26 Å². The Balaban J connectivity index is 3.24. The molecule has 1 aromatic rings. The predicted molar refractivity (Wildman–Crippen MR) is 66.4 cm³/mol. The number of rotatable bonds is 3. The van der Waals surface area contributed by atoms with Crippen LogP contribution in [-0.2, 0) is 4.74 Å². The van der Waals surface area contributed by atoms with Crippen molar-refractivity contribution in [1.29, 1.82) is 5.26 Å². The van der Waals surface area contributed by atoms with Gasteiger partial charge in [0, 0.05) is 0 Å². The smallest absolute Gasteiger partial charge is 0.339 e. The third-order valence-corrected chi connectivity index (χ3v) is 2.75. The lowest BCUT2D eigenvalue weighted by Crippen LogP contribution is -2.08. The summed E-state index contributed by atoms with van der Waals surface area (Å²) in [4.78, 5) is 11.6. The third kappa shape index (κ3) is 2.64. The van der Waals surface area contributed by atoms with E-state index in [1.807, 2.05) is 28.7 Å². The van der Waals surface area contributed by atoms with Crippen molar-refractivity contribution < 1.29 is 14.3 Å². The van der Waals surface area contributed by atoms with Gasteiger partial charge < -0.3 is 9.47 Å². The summed E-state index contributed by atoms with van der Waals surface area (Å²) in [5.74, 6) is 0.0878. The van der Waals surface area contributed by atoms with Gasteiger partial charge in [-0.3, -0.25) is 0 Å². The number of hydrogen-bond donors (Lipinski definition) is 0. The zero-order valence-corrected chi connectivity index (χ0v) is 11.1. The minimum Gasteiger partial charge on any atom is -0.496 e. The Kier molecular flexibility index (Phi) is 4.55. The first-order valence-electron chi connectivity index (χ1n) is 4.58. The Hall–Kier alpha value is -1.29. The molecule has 4 nitrogen and oxygen atoms in total. The highest BCUT2D eigenvalue weighted by Gasteiger charge is 2.15. The maximum atomic E-state index is 11.6. The van der Waals surface area contributed by atoms with Crippen molar-refractivity contribution >= 4 is 28.6 Å². The highest BCUT2D eigenvalue weighted by molar-refractivity contribution is 14.1. The van der Waals surface area contributed by atoms with Crippen molar-refractivity contribution in [3.8, 4) is 11.8 Å². The van der Waals surface area contributed by atoms with Gasteiger partial charge in [0.25, 0.3) is 0 Å². The highest BCUT2D eigenvalue weighted by Crippen LogP contribution is 2.25. The molecule has 0 aliphatic rings. The molecule has 0 aromatic heterocycles. The molecule has 0 atom stereocenters. The van der Waals surface area contributed by atoms with Crippen molar-refractivity contribution in [3.05, 3.63) is 26.8 Å². The van der Waals surface area contributed by atoms with Crippen LogP contribution in [0.5, 0.6) is 5.75 Å². The average molecular weight is 331 g/mol. The first-order chi connectivity index (χ1) is 7.63. The SMILES string of the molecule is CCOC(=O)c1cc(I)c(OC)cc1C#N. The number of carbonyl (C=O) groups excluding carboxylic acids is 1. The van der Waals surface area contributed by atoms with Crippen LogP contribution < -0.4 is 4.74 Å². The summed E-state index contributed by atoms with van der Waals surface area (Å²) >= 11 is 2.04. The lowest BCUT2D eigenvalue weighted by Gasteiger charge is -2.08. The molecule has 0 aliphatic carbocycles. The number of hydrogen-bond acceptors (Lipinski definition) is 4. The lowest BCUT2D eigenvalue weighted by molar-refractivity contribution is 0.0526. The number of ether oxygens (including phenoxy) is 2. The van der Waals surface area contributed by atoms with Crippen LogP contribution in [0.25, 0.3) is 0 Å². The Labute approximate surface area is 107 Å². The summed E-state index contributed by atoms with van der Waals surface area (Å²) in [7, 11) is 1.52. The minimum absolute atomic E-state index is 0.260. The second kappa shape index (κ2) is 5.70. The number of nitrogens with zero attached hydrogens (tertiary/aromatic N) is 1. The van der Waals surface area contributed by atoms with E-state index in [2.05, 4.69) is 0 Å². The Bertz CT molecular complexity index is 451. The van der Waals surface area contributed by atoms with Crippen LogP contribution in [0.2, 0.25) is 0 Å². The van der Waals surface area contributed by atoms with Crippen LogP contribution in [0.3, 0.4) is 0 Å². The molecule has 0 spiro atoms. The largest absolute Gasteiger partial charge is 0.496 e. The fraction of sp³-hybridized carbons (Fsp3) is 0.273. The Morgan fingerprint density at radius 1 is 1.56 bits per heavy atom. The van der Waals surface area contributed by atoms with Crippen molar-refractivity contribution in [3.63, 3.8) is 0 Å². The summed E-state index contributed by atoms with van der Waals surface area (Å²) < 4.78 is 10.7. The van der Waals surface area contributed by atoms with E-state index in [0.717, 1.165) is 3.57 Å². The second-order valence-electron chi connectivity index (χ2n) is 2.86. The molecule has 1 aromatic carbocycles. The van der Waals surface area contributed by atoms with E-state index in [0.29, 0.717) is 5.75 Å². The van der Waals surface area contributed by atoms with E-state index >= 15 is 0 Å². The summed E-state index contributed by atoms with van der Waals surface area (Å²) in [6.45, 7) is 2.00. The van der Waals surface area contributed by atoms with Gasteiger partial charge in [-0.25, -0.2) is 4.79 Å². The molecule has 0 unspecified atom stereocenters. The van der Waals surface area contributed by atoms with Crippen LogP contribution in [-0.4, -0.2) is 19.7 Å². The quantitative estimate of drug-likeness (QED) is 0.630. The molecular weight excluding hydrogens is 321 g/mol. The molecular formula is C11H10INO3. The van der Waals surface area contributed by atoms with Crippen LogP contribution in [0.1, 0.15) is 22.8 Å². The predicted octanol–water partition coefficient (Wildman–Crippen LogP) is 2.35. The van der Waals surface area contributed by atoms with Crippen molar-refractivity contribution in [2.75, 3.05) is 13.7 Å². The zero-order chi connectivity index (χ0) is 12.1. The van der Waals surface area contributed by atoms with Crippen molar-refractivity contribution in [1.82, 2.24) is 0 Å². The normalized spacial score (nSPS) is 9.38. The molecule has 0 amide bonds. The number of nitriles is 1. The van der Waals surface area contributed by atoms with Gasteiger partial charge in [-0.15, -0.1) is 0 Å². The molecule has 0 radical (unpaired) electrons. The fourth-order valence-electron chi connectivity index (χ4n) is 1.18. The van der Waals surface area contributed by atoms with Crippen LogP contribution in [0, 0.1) is 14.9 Å². The molecule has 16 heavy (non-hydrogen) atoms. The van der Waals surface area contributed by atoms with Crippen LogP contribution >= 0.6 is 22.6 Å². The molecule has 84 valence electrons. The standard InChI is InChI=1S/C11H10INO3/c1-3-16-11(14)8-5-9(12)10(15-2)4-7(8)6-13/h4-5H,3H2,1-2H3. The van der Waals surface area contributed by atoms with Gasteiger partial charge in [0.2, 0.25) is 0 Å². The maximum absolute atomic E-state index is 11.6. The number of benzene rings is 1. The van der Waals surface area contributed by atoms with E-state index in [1.165, 1.54) is 13.2 Å². The summed E-state index contributed by atoms with van der Waals surface area (Å²) in [5.41, 5.74) is 0.533. The highest BCUT2D eigenvalue weighted by atomic mass is 127. The van der Waals surface area contributed by atoms with Crippen LogP contribution in [0.15, 0.2) is 12.1 Å². The lowest BCUT2D eigenvalue weighted by atomic mass is 10.1. The van der Waals surface area contributed by atoms with Gasteiger partial charge in [0.1, 0.15) is 11.8 Å². The van der Waals surface area contributed by atoms with Gasteiger partial charge in [-0.1, -0.05) is 0 Å². The molecule has 5 heteroatoms. The number of esters is 1. The molecule has 0 aliphatic heterocycles. The molecule has 0 N–H and O–H groups in total. The molecule has 1 rings (SSSR count). The summed E-state index contributed by atoms with van der Waals surface area (Å²) in [5, 5.41) is 8.93. The number of halogens is 1. The van der Waals surface area contributed by atoms with E-state index in [9.17, 15) is 4.79 Å². The average Bonchev–Trinajstić information content (AvgIpc) is 2.29. The van der Waals surface area contributed by atoms with E-state index in [-0.39, 0.29) is 17.7 Å². The van der Waals surface area contributed by atoms with Gasteiger partial charge in [0.05, 0.1) is 28.4 Å². The first kappa shape index (κ1) is 12.8. The minimum atomic E-state index is -0.486. The topological polar surface area (TPSA) is 59.3 Å². The summed E-state index contributed by atoms with van der Waals surface area (Å²) in [6.07, 6.45) is 0.